The largest absolute Gasteiger partial charge is 0.450 e. The van der Waals surface area contributed by atoms with Gasteiger partial charge in [0, 0.05) is 23.6 Å². The fraction of sp³-hybridized carbons (Fsp3) is 0.550. The van der Waals surface area contributed by atoms with Gasteiger partial charge in [0.1, 0.15) is 6.04 Å². The summed E-state index contributed by atoms with van der Waals surface area (Å²) in [6, 6.07) is 6.44. The lowest BCUT2D eigenvalue weighted by atomic mass is 10.00. The molecule has 8 heteroatoms. The molecule has 3 amide bonds. The van der Waals surface area contributed by atoms with Crippen molar-refractivity contribution in [1.82, 2.24) is 15.5 Å². The summed E-state index contributed by atoms with van der Waals surface area (Å²) in [5, 5.41) is 5.86. The van der Waals surface area contributed by atoms with Crippen LogP contribution in [0.25, 0.3) is 0 Å². The molecule has 2 rings (SSSR count). The molecule has 1 heterocycles. The van der Waals surface area contributed by atoms with Crippen molar-refractivity contribution in [2.45, 2.75) is 45.7 Å². The molecule has 2 N–H and O–H groups in total. The van der Waals surface area contributed by atoms with Crippen LogP contribution in [-0.4, -0.2) is 54.6 Å². The summed E-state index contributed by atoms with van der Waals surface area (Å²) in [7, 11) is 0. The Kier molecular flexibility index (Phi) is 8.29. The zero-order chi connectivity index (χ0) is 20.7. The monoisotopic (exact) mass is 453 g/mol. The van der Waals surface area contributed by atoms with E-state index in [0.717, 1.165) is 0 Å². The van der Waals surface area contributed by atoms with Gasteiger partial charge in [-0.3, -0.25) is 9.59 Å². The van der Waals surface area contributed by atoms with Gasteiger partial charge in [-0.25, -0.2) is 4.79 Å². The smallest absolute Gasteiger partial charge is 0.409 e. The molecular weight excluding hydrogens is 426 g/mol. The molecule has 1 saturated heterocycles. The van der Waals surface area contributed by atoms with Crippen LogP contribution in [0.1, 0.15) is 44.0 Å². The summed E-state index contributed by atoms with van der Waals surface area (Å²) in [5.74, 6) is -0.561. The molecule has 1 aromatic rings. The van der Waals surface area contributed by atoms with Crippen molar-refractivity contribution in [3.05, 3.63) is 34.3 Å². The Balaban J connectivity index is 1.92. The van der Waals surface area contributed by atoms with E-state index in [1.165, 1.54) is 0 Å². The predicted octanol–water partition coefficient (Wildman–Crippen LogP) is 2.94. The molecule has 154 valence electrons. The number of ether oxygens (including phenoxy) is 1. The van der Waals surface area contributed by atoms with Gasteiger partial charge in [0.15, 0.2) is 0 Å². The number of nitrogens with zero attached hydrogens (tertiary/aromatic N) is 1. The third kappa shape index (κ3) is 5.95. The van der Waals surface area contributed by atoms with Crippen LogP contribution in [0, 0.1) is 5.92 Å². The molecule has 1 aromatic carbocycles. The summed E-state index contributed by atoms with van der Waals surface area (Å²) in [6.45, 7) is 7.00. The summed E-state index contributed by atoms with van der Waals surface area (Å²) in [4.78, 5) is 38.8. The molecule has 1 aliphatic rings. The second-order valence-electron chi connectivity index (χ2n) is 7.14. The van der Waals surface area contributed by atoms with Crippen molar-refractivity contribution in [3.8, 4) is 0 Å². The fourth-order valence-corrected chi connectivity index (χ4v) is 3.58. The van der Waals surface area contributed by atoms with Crippen molar-refractivity contribution in [2.75, 3.05) is 19.7 Å². The van der Waals surface area contributed by atoms with Crippen LogP contribution < -0.4 is 10.6 Å². The first-order valence-corrected chi connectivity index (χ1v) is 10.4. The van der Waals surface area contributed by atoms with Gasteiger partial charge in [0.25, 0.3) is 5.91 Å². The molecule has 0 saturated carbocycles. The fourth-order valence-electron chi connectivity index (χ4n) is 3.11. The maximum atomic E-state index is 12.8. The molecule has 0 spiro atoms. The highest BCUT2D eigenvalue weighted by Crippen LogP contribution is 2.17. The molecule has 1 aliphatic heterocycles. The molecule has 0 radical (unpaired) electrons. The van der Waals surface area contributed by atoms with Gasteiger partial charge in [0.2, 0.25) is 5.91 Å². The van der Waals surface area contributed by atoms with Gasteiger partial charge >= 0.3 is 6.09 Å². The van der Waals surface area contributed by atoms with Crippen molar-refractivity contribution in [1.29, 1.82) is 0 Å². The van der Waals surface area contributed by atoms with Crippen LogP contribution in [0.3, 0.4) is 0 Å². The van der Waals surface area contributed by atoms with E-state index >= 15 is 0 Å². The molecule has 28 heavy (non-hydrogen) atoms. The van der Waals surface area contributed by atoms with Crippen molar-refractivity contribution in [2.24, 2.45) is 5.92 Å². The highest BCUT2D eigenvalue weighted by Gasteiger charge is 2.29. The van der Waals surface area contributed by atoms with Crippen molar-refractivity contribution in [3.63, 3.8) is 0 Å². The number of nitrogens with one attached hydrogen (secondary N) is 2. The molecule has 1 unspecified atom stereocenters. The molecule has 7 nitrogen and oxygen atoms in total. The Labute approximate surface area is 174 Å². The number of likely N-dealkylation sites (tertiary alicyclic amines) is 1. The van der Waals surface area contributed by atoms with E-state index in [1.54, 1.807) is 30.0 Å². The SMILES string of the molecule is CCOC(=O)N1CCC(NC(=O)C(NC(=O)c2ccccc2Br)C(C)C)CC1. The van der Waals surface area contributed by atoms with E-state index in [0.29, 0.717) is 42.6 Å². The summed E-state index contributed by atoms with van der Waals surface area (Å²) in [6.07, 6.45) is 1.01. The third-order valence-corrected chi connectivity index (χ3v) is 5.41. The highest BCUT2D eigenvalue weighted by molar-refractivity contribution is 9.10. The number of amides is 3. The Morgan fingerprint density at radius 3 is 2.43 bits per heavy atom. The van der Waals surface area contributed by atoms with Crippen molar-refractivity contribution < 1.29 is 19.1 Å². The molecule has 1 atom stereocenters. The Hall–Kier alpha value is -2.09. The van der Waals surface area contributed by atoms with Crippen LogP contribution in [0.5, 0.6) is 0 Å². The Bertz CT molecular complexity index is 702. The van der Waals surface area contributed by atoms with Gasteiger partial charge in [-0.15, -0.1) is 0 Å². The number of carbonyl (C=O) groups excluding carboxylic acids is 3. The first-order valence-electron chi connectivity index (χ1n) is 9.61. The van der Waals surface area contributed by atoms with Crippen LogP contribution >= 0.6 is 15.9 Å². The first kappa shape index (κ1) is 22.2. The van der Waals surface area contributed by atoms with Crippen LogP contribution in [0.4, 0.5) is 4.79 Å². The van der Waals surface area contributed by atoms with E-state index in [1.807, 2.05) is 19.9 Å². The summed E-state index contributed by atoms with van der Waals surface area (Å²) in [5.41, 5.74) is 0.490. The van der Waals surface area contributed by atoms with Crippen LogP contribution in [0.2, 0.25) is 0 Å². The zero-order valence-electron chi connectivity index (χ0n) is 16.5. The van der Waals surface area contributed by atoms with Gasteiger partial charge < -0.3 is 20.3 Å². The standard InChI is InChI=1S/C20H28BrN3O4/c1-4-28-20(27)24-11-9-14(10-12-24)22-19(26)17(13(2)3)23-18(25)15-7-5-6-8-16(15)21/h5-8,13-14,17H,4,9-12H2,1-3H3,(H,22,26)(H,23,25). The summed E-state index contributed by atoms with van der Waals surface area (Å²) < 4.78 is 5.69. The minimum atomic E-state index is -0.636. The zero-order valence-corrected chi connectivity index (χ0v) is 18.1. The number of piperidine rings is 1. The normalized spacial score (nSPS) is 15.8. The van der Waals surface area contributed by atoms with E-state index < -0.39 is 6.04 Å². The Morgan fingerprint density at radius 1 is 1.21 bits per heavy atom. The number of carbonyl (C=O) groups is 3. The van der Waals surface area contributed by atoms with E-state index in [9.17, 15) is 14.4 Å². The summed E-state index contributed by atoms with van der Waals surface area (Å²) >= 11 is 3.37. The number of hydrogen-bond donors (Lipinski definition) is 2. The maximum absolute atomic E-state index is 12.8. The molecule has 0 aliphatic carbocycles. The third-order valence-electron chi connectivity index (χ3n) is 4.72. The van der Waals surface area contributed by atoms with Crippen LogP contribution in [-0.2, 0) is 9.53 Å². The second-order valence-corrected chi connectivity index (χ2v) is 8.00. The van der Waals surface area contributed by atoms with Gasteiger partial charge in [-0.1, -0.05) is 26.0 Å². The highest BCUT2D eigenvalue weighted by atomic mass is 79.9. The molecular formula is C20H28BrN3O4. The lowest BCUT2D eigenvalue weighted by molar-refractivity contribution is -0.124. The minimum absolute atomic E-state index is 0.0280. The van der Waals surface area contributed by atoms with E-state index in [-0.39, 0.29) is 29.9 Å². The van der Waals surface area contributed by atoms with Gasteiger partial charge in [-0.2, -0.15) is 0 Å². The number of rotatable bonds is 6. The van der Waals surface area contributed by atoms with Gasteiger partial charge in [0.05, 0.1) is 12.2 Å². The number of halogens is 1. The van der Waals surface area contributed by atoms with Crippen molar-refractivity contribution >= 4 is 33.8 Å². The number of benzene rings is 1. The van der Waals surface area contributed by atoms with E-state index in [4.69, 9.17) is 4.74 Å². The molecule has 1 fully saturated rings. The number of hydrogen-bond acceptors (Lipinski definition) is 4. The van der Waals surface area contributed by atoms with Crippen LogP contribution in [0.15, 0.2) is 28.7 Å². The lowest BCUT2D eigenvalue weighted by Crippen LogP contribution is -2.54. The average molecular weight is 454 g/mol. The van der Waals surface area contributed by atoms with Gasteiger partial charge in [-0.05, 0) is 53.7 Å². The lowest BCUT2D eigenvalue weighted by Gasteiger charge is -2.33. The van der Waals surface area contributed by atoms with E-state index in [2.05, 4.69) is 26.6 Å². The molecule has 0 aromatic heterocycles. The average Bonchev–Trinajstić information content (AvgIpc) is 2.66. The first-order chi connectivity index (χ1) is 13.3. The maximum Gasteiger partial charge on any atom is 0.409 e. The predicted molar refractivity (Wildman–Crippen MR) is 110 cm³/mol. The second kappa shape index (κ2) is 10.5. The Morgan fingerprint density at radius 2 is 1.86 bits per heavy atom. The molecule has 0 bridgehead atoms. The minimum Gasteiger partial charge on any atom is -0.450 e. The quantitative estimate of drug-likeness (QED) is 0.692. The topological polar surface area (TPSA) is 87.7 Å².